The highest BCUT2D eigenvalue weighted by Gasteiger charge is 2.21. The van der Waals surface area contributed by atoms with Crippen molar-refractivity contribution in [3.63, 3.8) is 0 Å². The lowest BCUT2D eigenvalue weighted by Crippen LogP contribution is -2.26. The molecule has 0 atom stereocenters. The molecule has 0 aliphatic rings. The number of nitrogen functional groups attached to an aromatic ring is 1. The van der Waals surface area contributed by atoms with Crippen LogP contribution in [0, 0.1) is 13.8 Å². The van der Waals surface area contributed by atoms with Crippen molar-refractivity contribution >= 4 is 51.9 Å². The number of benzene rings is 1. The fourth-order valence-electron chi connectivity index (χ4n) is 3.67. The molecule has 0 spiro atoms. The molecule has 0 radical (unpaired) electrons. The molecular weight excluding hydrogens is 475 g/mol. The molecule has 0 saturated carbocycles. The largest absolute Gasteiger partial charge is 0.496 e. The third-order valence-corrected chi connectivity index (χ3v) is 6.21. The van der Waals surface area contributed by atoms with Crippen LogP contribution in [0.4, 0.5) is 5.95 Å². The van der Waals surface area contributed by atoms with Crippen molar-refractivity contribution in [1.82, 2.24) is 24.1 Å². The van der Waals surface area contributed by atoms with Gasteiger partial charge in [0.15, 0.2) is 10.8 Å². The van der Waals surface area contributed by atoms with Gasteiger partial charge < -0.3 is 10.5 Å². The Hall–Kier alpha value is -2.81. The number of fused-ring (bicyclic) bond motifs is 1. The van der Waals surface area contributed by atoms with Crippen LogP contribution in [-0.2, 0) is 13.1 Å². The third kappa shape index (κ3) is 3.90. The standard InChI is InChI=1S/C21H19Cl3N6O2/c1-10-7-26-15(11(2)17(10)32-3)9-30-19-16(18(24)27-20(25)28-19)29(21(30)31)8-12-4-5-13(22)14(23)6-12/h4-7H,8-9H2,1-3H3,(H2,25,27,28). The number of anilines is 1. The van der Waals surface area contributed by atoms with Gasteiger partial charge >= 0.3 is 5.69 Å². The normalized spacial score (nSPS) is 11.3. The maximum Gasteiger partial charge on any atom is 0.331 e. The summed E-state index contributed by atoms with van der Waals surface area (Å²) in [4.78, 5) is 26.3. The van der Waals surface area contributed by atoms with E-state index in [0.717, 1.165) is 22.4 Å². The van der Waals surface area contributed by atoms with Crippen LogP contribution in [0.3, 0.4) is 0 Å². The third-order valence-electron chi connectivity index (χ3n) is 5.21. The van der Waals surface area contributed by atoms with Crippen LogP contribution in [0.25, 0.3) is 11.2 Å². The van der Waals surface area contributed by atoms with E-state index in [1.165, 1.54) is 9.13 Å². The summed E-state index contributed by atoms with van der Waals surface area (Å²) >= 11 is 18.6. The lowest BCUT2D eigenvalue weighted by molar-refractivity contribution is 0.406. The Morgan fingerprint density at radius 2 is 1.81 bits per heavy atom. The maximum absolute atomic E-state index is 13.5. The Bertz CT molecular complexity index is 1410. The Morgan fingerprint density at radius 3 is 2.50 bits per heavy atom. The van der Waals surface area contributed by atoms with Crippen molar-refractivity contribution in [2.45, 2.75) is 26.9 Å². The minimum Gasteiger partial charge on any atom is -0.496 e. The molecular formula is C21H19Cl3N6O2. The number of rotatable bonds is 5. The van der Waals surface area contributed by atoms with Gasteiger partial charge in [-0.15, -0.1) is 0 Å². The van der Waals surface area contributed by atoms with E-state index in [-0.39, 0.29) is 29.9 Å². The van der Waals surface area contributed by atoms with Gasteiger partial charge in [-0.25, -0.2) is 4.79 Å². The highest BCUT2D eigenvalue weighted by Crippen LogP contribution is 2.27. The number of hydrogen-bond acceptors (Lipinski definition) is 6. The van der Waals surface area contributed by atoms with Crippen molar-refractivity contribution < 1.29 is 4.74 Å². The van der Waals surface area contributed by atoms with Crippen LogP contribution in [0.15, 0.2) is 29.2 Å². The molecule has 32 heavy (non-hydrogen) atoms. The predicted molar refractivity (Wildman–Crippen MR) is 126 cm³/mol. The van der Waals surface area contributed by atoms with Crippen molar-refractivity contribution in [3.05, 3.63) is 72.5 Å². The molecule has 8 nitrogen and oxygen atoms in total. The van der Waals surface area contributed by atoms with Crippen LogP contribution < -0.4 is 16.2 Å². The fourth-order valence-corrected chi connectivity index (χ4v) is 4.27. The maximum atomic E-state index is 13.5. The number of nitrogens with two attached hydrogens (primary N) is 1. The lowest BCUT2D eigenvalue weighted by atomic mass is 10.1. The molecule has 0 saturated heterocycles. The quantitative estimate of drug-likeness (QED) is 0.417. The molecule has 0 aliphatic heterocycles. The van der Waals surface area contributed by atoms with Gasteiger partial charge in [0.05, 0.1) is 35.9 Å². The first-order valence-corrected chi connectivity index (χ1v) is 10.7. The number of pyridine rings is 1. The van der Waals surface area contributed by atoms with Crippen LogP contribution in [0.1, 0.15) is 22.4 Å². The fraction of sp³-hybridized carbons (Fsp3) is 0.238. The van der Waals surface area contributed by atoms with Crippen molar-refractivity contribution in [1.29, 1.82) is 0 Å². The summed E-state index contributed by atoms with van der Waals surface area (Å²) in [5.41, 5.74) is 9.33. The molecule has 3 heterocycles. The summed E-state index contributed by atoms with van der Waals surface area (Å²) in [5.74, 6) is 0.684. The molecule has 11 heteroatoms. The van der Waals surface area contributed by atoms with Gasteiger partial charge in [-0.05, 0) is 31.5 Å². The number of aryl methyl sites for hydroxylation is 1. The Morgan fingerprint density at radius 1 is 1.06 bits per heavy atom. The Kier molecular flexibility index (Phi) is 6.03. The van der Waals surface area contributed by atoms with Crippen LogP contribution in [0.2, 0.25) is 15.2 Å². The van der Waals surface area contributed by atoms with Gasteiger partial charge in [0.25, 0.3) is 0 Å². The smallest absolute Gasteiger partial charge is 0.331 e. The Labute approximate surface area is 198 Å². The molecule has 166 valence electrons. The van der Waals surface area contributed by atoms with E-state index < -0.39 is 0 Å². The molecule has 0 aliphatic carbocycles. The molecule has 4 rings (SSSR count). The molecule has 0 unspecified atom stereocenters. The number of ether oxygens (including phenoxy) is 1. The summed E-state index contributed by atoms with van der Waals surface area (Å²) in [6.45, 7) is 4.14. The van der Waals surface area contributed by atoms with Gasteiger partial charge in [-0.3, -0.25) is 14.1 Å². The number of methoxy groups -OCH3 is 1. The van der Waals surface area contributed by atoms with E-state index >= 15 is 0 Å². The number of aromatic nitrogens is 5. The van der Waals surface area contributed by atoms with Crippen LogP contribution in [-0.4, -0.2) is 31.2 Å². The molecule has 0 bridgehead atoms. The van der Waals surface area contributed by atoms with Gasteiger partial charge in [0.1, 0.15) is 11.3 Å². The second-order valence-electron chi connectivity index (χ2n) is 7.29. The topological polar surface area (TPSA) is 101 Å². The molecule has 3 aromatic heterocycles. The summed E-state index contributed by atoms with van der Waals surface area (Å²) in [6.07, 6.45) is 1.71. The number of halogens is 3. The lowest BCUT2D eigenvalue weighted by Gasteiger charge is -2.12. The van der Waals surface area contributed by atoms with E-state index in [9.17, 15) is 4.79 Å². The predicted octanol–water partition coefficient (Wildman–Crippen LogP) is 4.25. The summed E-state index contributed by atoms with van der Waals surface area (Å²) in [5, 5.41) is 0.892. The summed E-state index contributed by atoms with van der Waals surface area (Å²) in [7, 11) is 1.60. The Balaban J connectivity index is 1.90. The molecule has 0 amide bonds. The van der Waals surface area contributed by atoms with E-state index in [2.05, 4.69) is 15.0 Å². The molecule has 1 aromatic carbocycles. The first kappa shape index (κ1) is 22.4. The van der Waals surface area contributed by atoms with E-state index in [1.807, 2.05) is 13.8 Å². The number of imidazole rings is 1. The molecule has 0 fully saturated rings. The number of hydrogen-bond donors (Lipinski definition) is 1. The second-order valence-corrected chi connectivity index (χ2v) is 8.47. The van der Waals surface area contributed by atoms with Gasteiger partial charge in [0, 0.05) is 17.3 Å². The minimum atomic E-state index is -0.339. The first-order chi connectivity index (χ1) is 15.2. The van der Waals surface area contributed by atoms with Gasteiger partial charge in [-0.1, -0.05) is 40.9 Å². The zero-order valence-corrected chi connectivity index (χ0v) is 19.8. The zero-order valence-electron chi connectivity index (χ0n) is 17.5. The summed E-state index contributed by atoms with van der Waals surface area (Å²) in [6, 6.07) is 5.15. The van der Waals surface area contributed by atoms with Crippen molar-refractivity contribution in [2.75, 3.05) is 12.8 Å². The van der Waals surface area contributed by atoms with E-state index in [1.54, 1.807) is 31.5 Å². The van der Waals surface area contributed by atoms with Gasteiger partial charge in [0.2, 0.25) is 5.95 Å². The van der Waals surface area contributed by atoms with E-state index in [0.29, 0.717) is 26.9 Å². The molecule has 2 N–H and O–H groups in total. The van der Waals surface area contributed by atoms with E-state index in [4.69, 9.17) is 45.3 Å². The monoisotopic (exact) mass is 492 g/mol. The average molecular weight is 494 g/mol. The number of nitrogens with zero attached hydrogens (tertiary/aromatic N) is 5. The van der Waals surface area contributed by atoms with Crippen molar-refractivity contribution in [3.8, 4) is 5.75 Å². The van der Waals surface area contributed by atoms with Crippen LogP contribution in [0.5, 0.6) is 5.75 Å². The van der Waals surface area contributed by atoms with Gasteiger partial charge in [-0.2, -0.15) is 9.97 Å². The highest BCUT2D eigenvalue weighted by atomic mass is 35.5. The first-order valence-electron chi connectivity index (χ1n) is 9.56. The summed E-state index contributed by atoms with van der Waals surface area (Å²) < 4.78 is 8.45. The van der Waals surface area contributed by atoms with Crippen molar-refractivity contribution in [2.24, 2.45) is 0 Å². The highest BCUT2D eigenvalue weighted by molar-refractivity contribution is 6.42. The zero-order chi connectivity index (χ0) is 23.2. The van der Waals surface area contributed by atoms with Crippen LogP contribution >= 0.6 is 34.8 Å². The molecule has 4 aromatic rings. The SMILES string of the molecule is COc1c(C)cnc(Cn2c(=O)n(Cc3ccc(Cl)c(Cl)c3)c3c(Cl)nc(N)nc32)c1C. The average Bonchev–Trinajstić information content (AvgIpc) is 2.98. The second kappa shape index (κ2) is 8.61. The minimum absolute atomic E-state index is 0.0332.